The zero-order chi connectivity index (χ0) is 23.4. The number of likely N-dealkylation sites (tertiary alicyclic amines) is 1. The molecular formula is C26H29N3O4. The maximum Gasteiger partial charge on any atom is 0.263 e. The van der Waals surface area contributed by atoms with Crippen molar-refractivity contribution in [1.29, 1.82) is 0 Å². The summed E-state index contributed by atoms with van der Waals surface area (Å²) in [5.74, 6) is 0.485. The quantitative estimate of drug-likeness (QED) is 0.593. The summed E-state index contributed by atoms with van der Waals surface area (Å²) in [6.45, 7) is 3.03. The molecule has 0 unspecified atom stereocenters. The molecular weight excluding hydrogens is 418 g/mol. The van der Waals surface area contributed by atoms with E-state index in [1.54, 1.807) is 25.3 Å². The summed E-state index contributed by atoms with van der Waals surface area (Å²) in [4.78, 5) is 32.2. The predicted molar refractivity (Wildman–Crippen MR) is 127 cm³/mol. The van der Waals surface area contributed by atoms with Gasteiger partial charge in [0.15, 0.2) is 17.6 Å². The van der Waals surface area contributed by atoms with E-state index in [1.165, 1.54) is 0 Å². The molecule has 7 nitrogen and oxygen atoms in total. The van der Waals surface area contributed by atoms with E-state index in [1.807, 2.05) is 48.2 Å². The van der Waals surface area contributed by atoms with Gasteiger partial charge in [-0.2, -0.15) is 0 Å². The first-order valence-electron chi connectivity index (χ1n) is 11.3. The highest BCUT2D eigenvalue weighted by Crippen LogP contribution is 2.32. The fourth-order valence-electron chi connectivity index (χ4n) is 4.42. The van der Waals surface area contributed by atoms with E-state index in [0.29, 0.717) is 42.3 Å². The molecule has 1 aliphatic rings. The number of pyridine rings is 1. The van der Waals surface area contributed by atoms with E-state index in [9.17, 15) is 9.59 Å². The molecule has 0 radical (unpaired) electrons. The number of hydrogen-bond donors (Lipinski definition) is 1. The van der Waals surface area contributed by atoms with Gasteiger partial charge in [-0.05, 0) is 43.5 Å². The Kier molecular flexibility index (Phi) is 6.77. The monoisotopic (exact) mass is 447 g/mol. The van der Waals surface area contributed by atoms with E-state index in [2.05, 4.69) is 0 Å². The molecule has 1 saturated heterocycles. The fourth-order valence-corrected chi connectivity index (χ4v) is 4.42. The molecule has 0 spiro atoms. The highest BCUT2D eigenvalue weighted by molar-refractivity contribution is 5.97. The number of hydrogen-bond acceptors (Lipinski definition) is 5. The summed E-state index contributed by atoms with van der Waals surface area (Å²) in [5, 5.41) is 0.870. The van der Waals surface area contributed by atoms with Gasteiger partial charge in [0.05, 0.1) is 23.9 Å². The topological polar surface area (TPSA) is 94.8 Å². The first kappa shape index (κ1) is 22.6. The summed E-state index contributed by atoms with van der Waals surface area (Å²) in [5.41, 5.74) is 7.60. The number of carbonyl (C=O) groups excluding carboxylic acids is 2. The molecule has 1 aromatic heterocycles. The zero-order valence-electron chi connectivity index (χ0n) is 19.0. The molecule has 2 aromatic carbocycles. The number of benzene rings is 2. The molecule has 2 heterocycles. The molecule has 0 saturated carbocycles. The Bertz CT molecular complexity index is 1160. The molecule has 4 rings (SSSR count). The number of amides is 2. The summed E-state index contributed by atoms with van der Waals surface area (Å²) in [7, 11) is 1.58. The third-order valence-corrected chi connectivity index (χ3v) is 6.12. The fraction of sp³-hybridized carbons (Fsp3) is 0.346. The Labute approximate surface area is 193 Å². The van der Waals surface area contributed by atoms with E-state index in [0.717, 1.165) is 23.7 Å². The third-order valence-electron chi connectivity index (χ3n) is 6.12. The molecule has 2 N–H and O–H groups in total. The zero-order valence-corrected chi connectivity index (χ0v) is 19.0. The van der Waals surface area contributed by atoms with Crippen LogP contribution in [0.4, 0.5) is 0 Å². The van der Waals surface area contributed by atoms with Gasteiger partial charge in [0.1, 0.15) is 0 Å². The lowest BCUT2D eigenvalue weighted by atomic mass is 9.90. The van der Waals surface area contributed by atoms with E-state index in [-0.39, 0.29) is 11.8 Å². The van der Waals surface area contributed by atoms with Gasteiger partial charge >= 0.3 is 0 Å². The number of nitrogens with two attached hydrogens (primary N) is 1. The lowest BCUT2D eigenvalue weighted by Crippen LogP contribution is -2.46. The Morgan fingerprint density at radius 1 is 1.15 bits per heavy atom. The van der Waals surface area contributed by atoms with Crippen LogP contribution in [0.1, 0.15) is 48.2 Å². The van der Waals surface area contributed by atoms with Crippen molar-refractivity contribution in [3.63, 3.8) is 0 Å². The Balaban J connectivity index is 1.57. The Hall–Kier alpha value is -3.61. The van der Waals surface area contributed by atoms with Crippen LogP contribution in [-0.2, 0) is 4.79 Å². The summed E-state index contributed by atoms with van der Waals surface area (Å²) in [6, 6.07) is 16.8. The van der Waals surface area contributed by atoms with Crippen molar-refractivity contribution in [2.24, 2.45) is 5.73 Å². The van der Waals surface area contributed by atoms with Gasteiger partial charge in [0.2, 0.25) is 0 Å². The maximum absolute atomic E-state index is 13.4. The number of aromatic nitrogens is 1. The van der Waals surface area contributed by atoms with Crippen molar-refractivity contribution in [3.05, 3.63) is 65.9 Å². The molecule has 33 heavy (non-hydrogen) atoms. The third kappa shape index (κ3) is 4.77. The van der Waals surface area contributed by atoms with E-state index < -0.39 is 12.0 Å². The highest BCUT2D eigenvalue weighted by Gasteiger charge is 2.32. The molecule has 1 fully saturated rings. The van der Waals surface area contributed by atoms with Crippen LogP contribution < -0.4 is 15.2 Å². The van der Waals surface area contributed by atoms with Crippen molar-refractivity contribution >= 4 is 22.7 Å². The number of para-hydroxylation sites is 3. The summed E-state index contributed by atoms with van der Waals surface area (Å²) in [6.07, 6.45) is 1.55. The summed E-state index contributed by atoms with van der Waals surface area (Å²) >= 11 is 0. The second-order valence-electron chi connectivity index (χ2n) is 8.27. The number of rotatable bonds is 7. The number of primary amides is 1. The van der Waals surface area contributed by atoms with E-state index in [4.69, 9.17) is 20.2 Å². The minimum Gasteiger partial charge on any atom is -0.493 e. The van der Waals surface area contributed by atoms with Crippen LogP contribution in [0.25, 0.3) is 10.9 Å². The average molecular weight is 448 g/mol. The molecule has 2 atom stereocenters. The second kappa shape index (κ2) is 9.90. The van der Waals surface area contributed by atoms with Gasteiger partial charge in [-0.25, -0.2) is 0 Å². The van der Waals surface area contributed by atoms with Crippen molar-refractivity contribution in [2.45, 2.75) is 38.2 Å². The van der Waals surface area contributed by atoms with Crippen molar-refractivity contribution < 1.29 is 19.1 Å². The first-order chi connectivity index (χ1) is 16.0. The van der Waals surface area contributed by atoms with Crippen molar-refractivity contribution in [3.8, 4) is 11.5 Å². The SMILES string of the molecule is CC[C@@H](Oc1ccccc1OC)C(=O)N1CCC[C@H](c2nc3ccccc3cc2C(N)=O)C1. The van der Waals surface area contributed by atoms with Crippen LogP contribution in [0.3, 0.4) is 0 Å². The lowest BCUT2D eigenvalue weighted by Gasteiger charge is -2.35. The lowest BCUT2D eigenvalue weighted by molar-refractivity contribution is -0.140. The van der Waals surface area contributed by atoms with Gasteiger partial charge in [-0.15, -0.1) is 0 Å². The number of carbonyl (C=O) groups is 2. The smallest absolute Gasteiger partial charge is 0.263 e. The van der Waals surface area contributed by atoms with Gasteiger partial charge in [-0.1, -0.05) is 37.3 Å². The van der Waals surface area contributed by atoms with Gasteiger partial charge < -0.3 is 20.1 Å². The van der Waals surface area contributed by atoms with Crippen LogP contribution in [0.5, 0.6) is 11.5 Å². The molecule has 3 aromatic rings. The van der Waals surface area contributed by atoms with Crippen LogP contribution in [0.2, 0.25) is 0 Å². The highest BCUT2D eigenvalue weighted by atomic mass is 16.5. The molecule has 0 bridgehead atoms. The number of methoxy groups -OCH3 is 1. The minimum absolute atomic E-state index is 0.0708. The molecule has 1 aliphatic heterocycles. The summed E-state index contributed by atoms with van der Waals surface area (Å²) < 4.78 is 11.4. The van der Waals surface area contributed by atoms with Gasteiger partial charge in [0, 0.05) is 24.4 Å². The van der Waals surface area contributed by atoms with E-state index >= 15 is 0 Å². The molecule has 172 valence electrons. The van der Waals surface area contributed by atoms with Gasteiger partial charge in [-0.3, -0.25) is 14.6 Å². The number of ether oxygens (including phenoxy) is 2. The number of piperidine rings is 1. The standard InChI is InChI=1S/C26H29N3O4/c1-3-21(33-23-13-7-6-12-22(23)32-2)26(31)29-14-8-10-18(16-29)24-19(25(27)30)15-17-9-4-5-11-20(17)28-24/h4-7,9,11-13,15,18,21H,3,8,10,14,16H2,1-2H3,(H2,27,30)/t18-,21+/m0/s1. The van der Waals surface area contributed by atoms with Crippen LogP contribution in [-0.4, -0.2) is 48.0 Å². The van der Waals surface area contributed by atoms with Crippen LogP contribution in [0.15, 0.2) is 54.6 Å². The van der Waals surface area contributed by atoms with Crippen molar-refractivity contribution in [1.82, 2.24) is 9.88 Å². The second-order valence-corrected chi connectivity index (χ2v) is 8.27. The normalized spacial score (nSPS) is 16.9. The average Bonchev–Trinajstić information content (AvgIpc) is 2.86. The molecule has 7 heteroatoms. The van der Waals surface area contributed by atoms with Crippen molar-refractivity contribution in [2.75, 3.05) is 20.2 Å². The molecule has 2 amide bonds. The van der Waals surface area contributed by atoms with Crippen LogP contribution >= 0.6 is 0 Å². The largest absolute Gasteiger partial charge is 0.493 e. The first-order valence-corrected chi connectivity index (χ1v) is 11.3. The van der Waals surface area contributed by atoms with Crippen LogP contribution in [0, 0.1) is 0 Å². The Morgan fingerprint density at radius 3 is 2.61 bits per heavy atom. The minimum atomic E-state index is -0.625. The van der Waals surface area contributed by atoms with Gasteiger partial charge in [0.25, 0.3) is 11.8 Å². The predicted octanol–water partition coefficient (Wildman–Crippen LogP) is 3.91. The Morgan fingerprint density at radius 2 is 1.88 bits per heavy atom. The number of fused-ring (bicyclic) bond motifs is 1. The maximum atomic E-state index is 13.4. The number of nitrogens with zero attached hydrogens (tertiary/aromatic N) is 2. The molecule has 0 aliphatic carbocycles.